The number of carbonyl (C=O) groups excluding carboxylic acids is 3. The number of esters is 3. The van der Waals surface area contributed by atoms with E-state index in [1.54, 1.807) is 0 Å². The van der Waals surface area contributed by atoms with Gasteiger partial charge in [-0.25, -0.2) is 0 Å². The van der Waals surface area contributed by atoms with Crippen LogP contribution in [0.3, 0.4) is 0 Å². The average Bonchev–Trinajstić information content (AvgIpc) is 3.45. The maximum absolute atomic E-state index is 12.9. The molecular weight excluding hydrogens is 973 g/mol. The van der Waals surface area contributed by atoms with Crippen LogP contribution in [0.5, 0.6) is 0 Å². The normalized spacial score (nSPS) is 12.7. The molecule has 6 nitrogen and oxygen atoms in total. The molecule has 0 aliphatic carbocycles. The highest BCUT2D eigenvalue weighted by molar-refractivity contribution is 5.71. The molecule has 0 aromatic carbocycles. The summed E-state index contributed by atoms with van der Waals surface area (Å²) in [6.45, 7) is 6.47. The topological polar surface area (TPSA) is 78.9 Å². The molecule has 0 aliphatic heterocycles. The van der Waals surface area contributed by atoms with Gasteiger partial charge in [0.1, 0.15) is 13.2 Å². The average molecular weight is 1100 g/mol. The summed E-state index contributed by atoms with van der Waals surface area (Å²) in [5.74, 6) is -0.895. The van der Waals surface area contributed by atoms with Crippen molar-refractivity contribution in [1.82, 2.24) is 0 Å². The molecule has 0 fully saturated rings. The first kappa shape index (κ1) is 75.3. The molecule has 0 aliphatic rings. The third kappa shape index (κ3) is 65.0. The lowest BCUT2D eigenvalue weighted by atomic mass is 10.0. The zero-order valence-electron chi connectivity index (χ0n) is 52.1. The van der Waals surface area contributed by atoms with Crippen molar-refractivity contribution in [3.8, 4) is 0 Å². The van der Waals surface area contributed by atoms with Crippen LogP contribution in [0.1, 0.15) is 329 Å². The van der Waals surface area contributed by atoms with Crippen LogP contribution < -0.4 is 0 Å². The van der Waals surface area contributed by atoms with Crippen molar-refractivity contribution >= 4 is 17.9 Å². The predicted molar refractivity (Wildman–Crippen MR) is 344 cm³/mol. The Morgan fingerprint density at radius 2 is 0.519 bits per heavy atom. The third-order valence-electron chi connectivity index (χ3n) is 14.5. The van der Waals surface area contributed by atoms with Crippen LogP contribution in [-0.4, -0.2) is 37.2 Å². The Morgan fingerprint density at radius 3 is 0.823 bits per heavy atom. The molecule has 0 saturated heterocycles. The van der Waals surface area contributed by atoms with E-state index in [0.717, 1.165) is 128 Å². The molecule has 1 unspecified atom stereocenters. The molecule has 454 valence electrons. The molecule has 0 bridgehead atoms. The maximum atomic E-state index is 12.9. The summed E-state index contributed by atoms with van der Waals surface area (Å²) >= 11 is 0. The maximum Gasteiger partial charge on any atom is 0.306 e. The van der Waals surface area contributed by atoms with Gasteiger partial charge in [-0.2, -0.15) is 0 Å². The zero-order valence-corrected chi connectivity index (χ0v) is 52.1. The van der Waals surface area contributed by atoms with Gasteiger partial charge in [0.25, 0.3) is 0 Å². The molecule has 0 spiro atoms. The number of rotatable bonds is 61. The molecule has 1 atom stereocenters. The molecule has 0 aromatic rings. The Hall–Kier alpha value is -3.67. The van der Waals surface area contributed by atoms with E-state index >= 15 is 0 Å². The van der Waals surface area contributed by atoms with Crippen LogP contribution in [0.25, 0.3) is 0 Å². The summed E-state index contributed by atoms with van der Waals surface area (Å²) in [6, 6.07) is 0. The number of ether oxygens (including phenoxy) is 3. The Kier molecular flexibility index (Phi) is 63.7. The van der Waals surface area contributed by atoms with Gasteiger partial charge in [0, 0.05) is 19.3 Å². The SMILES string of the molecule is CC/C=C\C/C=C\C/C=C\C/C=C\CCCCCCCCCCC(=O)OC(COC(=O)CCCCCCC/C=C\C/C=C\CCC)COC(=O)CCCCCCCCCCCCCCCCC/C=C\C/C=C\CCCCCCC. The van der Waals surface area contributed by atoms with E-state index in [-0.39, 0.29) is 31.1 Å². The first-order valence-corrected chi connectivity index (χ1v) is 33.7. The molecule has 0 radical (unpaired) electrons. The fourth-order valence-electron chi connectivity index (χ4n) is 9.50. The van der Waals surface area contributed by atoms with Crippen molar-refractivity contribution in [2.75, 3.05) is 13.2 Å². The van der Waals surface area contributed by atoms with Gasteiger partial charge in [-0.3, -0.25) is 14.4 Å². The van der Waals surface area contributed by atoms with Crippen LogP contribution in [-0.2, 0) is 28.6 Å². The van der Waals surface area contributed by atoms with Crippen LogP contribution in [0, 0.1) is 0 Å². The van der Waals surface area contributed by atoms with Gasteiger partial charge in [0.15, 0.2) is 6.10 Å². The van der Waals surface area contributed by atoms with Crippen LogP contribution >= 0.6 is 0 Å². The summed E-state index contributed by atoms with van der Waals surface area (Å²) in [5, 5.41) is 0. The highest BCUT2D eigenvalue weighted by Gasteiger charge is 2.19. The van der Waals surface area contributed by atoms with Crippen LogP contribution in [0.15, 0.2) is 97.2 Å². The van der Waals surface area contributed by atoms with E-state index in [9.17, 15) is 14.4 Å². The van der Waals surface area contributed by atoms with Crippen molar-refractivity contribution < 1.29 is 28.6 Å². The molecule has 0 rings (SSSR count). The Balaban J connectivity index is 4.29. The molecule has 0 aromatic heterocycles. The summed E-state index contributed by atoms with van der Waals surface area (Å²) in [6.07, 6.45) is 90.0. The van der Waals surface area contributed by atoms with Crippen molar-refractivity contribution in [1.29, 1.82) is 0 Å². The lowest BCUT2D eigenvalue weighted by Gasteiger charge is -2.18. The second-order valence-electron chi connectivity index (χ2n) is 22.3. The lowest BCUT2D eigenvalue weighted by Crippen LogP contribution is -2.30. The lowest BCUT2D eigenvalue weighted by molar-refractivity contribution is -0.167. The molecule has 79 heavy (non-hydrogen) atoms. The second kappa shape index (κ2) is 66.8. The molecule has 6 heteroatoms. The number of allylic oxidation sites excluding steroid dienone is 16. The summed E-state index contributed by atoms with van der Waals surface area (Å²) in [7, 11) is 0. The third-order valence-corrected chi connectivity index (χ3v) is 14.5. The standard InChI is InChI=1S/C73H126O6/c1-4-7-10-13-16-19-22-25-27-29-31-33-34-35-36-37-38-40-41-43-45-48-51-54-57-60-63-66-72(75)78-69-70(68-77-71(74)65-62-59-56-53-50-47-24-21-18-15-12-9-6-3)79-73(76)67-64-61-58-55-52-49-46-44-42-39-32-30-28-26-23-20-17-14-11-8-5-2/h8,11-12,15,17,20-22,24-26,28-29,31-32,39,70H,4-7,9-10,13-14,16,18-19,23,27,30,33-38,40-69H2,1-3H3/b11-8-,15-12-,20-17-,24-21-,25-22-,28-26-,31-29-,39-32-. The Morgan fingerprint density at radius 1 is 0.266 bits per heavy atom. The molecular formula is C73H126O6. The van der Waals surface area contributed by atoms with E-state index in [4.69, 9.17) is 14.2 Å². The highest BCUT2D eigenvalue weighted by atomic mass is 16.6. The second-order valence-corrected chi connectivity index (χ2v) is 22.3. The van der Waals surface area contributed by atoms with Crippen molar-refractivity contribution in [2.24, 2.45) is 0 Å². The van der Waals surface area contributed by atoms with Crippen LogP contribution in [0.2, 0.25) is 0 Å². The van der Waals surface area contributed by atoms with E-state index < -0.39 is 6.10 Å². The largest absolute Gasteiger partial charge is 0.462 e. The number of unbranched alkanes of at least 4 members (excludes halogenated alkanes) is 34. The minimum absolute atomic E-state index is 0.0841. The number of hydrogen-bond acceptors (Lipinski definition) is 6. The van der Waals surface area contributed by atoms with Crippen LogP contribution in [0.4, 0.5) is 0 Å². The molecule has 0 amide bonds. The molecule has 0 heterocycles. The van der Waals surface area contributed by atoms with Gasteiger partial charge in [0.2, 0.25) is 0 Å². The first-order chi connectivity index (χ1) is 39.0. The molecule has 0 N–H and O–H groups in total. The van der Waals surface area contributed by atoms with E-state index in [1.165, 1.54) is 161 Å². The fourth-order valence-corrected chi connectivity index (χ4v) is 9.50. The Labute approximate surface area is 489 Å². The number of carbonyl (C=O) groups is 3. The summed E-state index contributed by atoms with van der Waals surface area (Å²) < 4.78 is 16.9. The summed E-state index contributed by atoms with van der Waals surface area (Å²) in [5.41, 5.74) is 0. The quantitative estimate of drug-likeness (QED) is 0.0261. The highest BCUT2D eigenvalue weighted by Crippen LogP contribution is 2.17. The fraction of sp³-hybridized carbons (Fsp3) is 0.740. The van der Waals surface area contributed by atoms with Gasteiger partial charge in [-0.05, 0) is 116 Å². The van der Waals surface area contributed by atoms with E-state index in [1.807, 2.05) is 0 Å². The van der Waals surface area contributed by atoms with Gasteiger partial charge in [-0.1, -0.05) is 291 Å². The van der Waals surface area contributed by atoms with Gasteiger partial charge in [0.05, 0.1) is 0 Å². The summed E-state index contributed by atoms with van der Waals surface area (Å²) in [4.78, 5) is 38.4. The van der Waals surface area contributed by atoms with Gasteiger partial charge < -0.3 is 14.2 Å². The van der Waals surface area contributed by atoms with E-state index in [0.29, 0.717) is 19.3 Å². The van der Waals surface area contributed by atoms with Gasteiger partial charge >= 0.3 is 17.9 Å². The zero-order chi connectivity index (χ0) is 57.1. The minimum atomic E-state index is -0.790. The van der Waals surface area contributed by atoms with Crippen molar-refractivity contribution in [2.45, 2.75) is 335 Å². The number of hydrogen-bond donors (Lipinski definition) is 0. The first-order valence-electron chi connectivity index (χ1n) is 33.7. The minimum Gasteiger partial charge on any atom is -0.462 e. The van der Waals surface area contributed by atoms with E-state index in [2.05, 4.69) is 118 Å². The molecule has 0 saturated carbocycles. The smallest absolute Gasteiger partial charge is 0.306 e. The van der Waals surface area contributed by atoms with Crippen molar-refractivity contribution in [3.05, 3.63) is 97.2 Å². The Bertz CT molecular complexity index is 1540. The van der Waals surface area contributed by atoms with Crippen molar-refractivity contribution in [3.63, 3.8) is 0 Å². The van der Waals surface area contributed by atoms with Gasteiger partial charge in [-0.15, -0.1) is 0 Å². The predicted octanol–water partition coefficient (Wildman–Crippen LogP) is 23.2. The monoisotopic (exact) mass is 1100 g/mol.